The van der Waals surface area contributed by atoms with Gasteiger partial charge in [-0.3, -0.25) is 9.59 Å². The molecule has 27 heavy (non-hydrogen) atoms. The van der Waals surface area contributed by atoms with Crippen LogP contribution in [0.4, 0.5) is 5.69 Å². The number of amides is 2. The van der Waals surface area contributed by atoms with Gasteiger partial charge >= 0.3 is 0 Å². The molecule has 1 aromatic rings. The fraction of sp³-hybridized carbons (Fsp3) is 0.619. The van der Waals surface area contributed by atoms with Gasteiger partial charge < -0.3 is 19.9 Å². The van der Waals surface area contributed by atoms with E-state index in [0.717, 1.165) is 31.0 Å². The molecule has 148 valence electrons. The van der Waals surface area contributed by atoms with Gasteiger partial charge in [-0.15, -0.1) is 0 Å². The van der Waals surface area contributed by atoms with Crippen LogP contribution >= 0.6 is 0 Å². The van der Waals surface area contributed by atoms with E-state index in [2.05, 4.69) is 17.1 Å². The fourth-order valence-corrected chi connectivity index (χ4v) is 3.88. The Bertz CT molecular complexity index is 649. The molecular weight excluding hydrogens is 342 g/mol. The van der Waals surface area contributed by atoms with Gasteiger partial charge in [-0.2, -0.15) is 0 Å². The number of carbonyl (C=O) groups excluding carboxylic acids is 2. The van der Waals surface area contributed by atoms with E-state index in [1.54, 1.807) is 4.90 Å². The number of ether oxygens (including phenoxy) is 1. The molecule has 6 heteroatoms. The molecule has 2 amide bonds. The Morgan fingerprint density at radius 1 is 1.26 bits per heavy atom. The summed E-state index contributed by atoms with van der Waals surface area (Å²) in [7, 11) is 0. The highest BCUT2D eigenvalue weighted by Crippen LogP contribution is 2.31. The maximum absolute atomic E-state index is 12.1. The Kier molecular flexibility index (Phi) is 7.10. The average Bonchev–Trinajstić information content (AvgIpc) is 2.67. The summed E-state index contributed by atoms with van der Waals surface area (Å²) in [5.74, 6) is 1.41. The number of para-hydroxylation sites is 2. The summed E-state index contributed by atoms with van der Waals surface area (Å²) in [5, 5.41) is 2.98. The lowest BCUT2D eigenvalue weighted by molar-refractivity contribution is -0.122. The largest absolute Gasteiger partial charge is 0.482 e. The van der Waals surface area contributed by atoms with Gasteiger partial charge in [-0.25, -0.2) is 0 Å². The van der Waals surface area contributed by atoms with Gasteiger partial charge in [0.15, 0.2) is 6.61 Å². The first kappa shape index (κ1) is 19.7. The maximum atomic E-state index is 12.1. The van der Waals surface area contributed by atoms with Crippen LogP contribution in [0.2, 0.25) is 0 Å². The molecule has 1 saturated heterocycles. The topological polar surface area (TPSA) is 61.9 Å². The molecule has 0 bridgehead atoms. The normalized spacial score (nSPS) is 20.1. The van der Waals surface area contributed by atoms with Crippen molar-refractivity contribution in [3.63, 3.8) is 0 Å². The minimum atomic E-state index is -0.0998. The molecule has 0 saturated carbocycles. The molecule has 1 N–H and O–H groups in total. The molecule has 0 aromatic heterocycles. The number of anilines is 1. The zero-order chi connectivity index (χ0) is 19.1. The first-order valence-electron chi connectivity index (χ1n) is 10.1. The molecule has 0 spiro atoms. The molecule has 3 rings (SSSR count). The smallest absolute Gasteiger partial charge is 0.265 e. The van der Waals surface area contributed by atoms with Crippen LogP contribution in [0.25, 0.3) is 0 Å². The van der Waals surface area contributed by atoms with Gasteiger partial charge in [-0.05, 0) is 56.8 Å². The zero-order valence-corrected chi connectivity index (χ0v) is 16.3. The van der Waals surface area contributed by atoms with E-state index in [9.17, 15) is 9.59 Å². The quantitative estimate of drug-likeness (QED) is 0.711. The number of fused-ring (bicyclic) bond motifs is 1. The predicted octanol–water partition coefficient (Wildman–Crippen LogP) is 2.43. The summed E-state index contributed by atoms with van der Waals surface area (Å²) in [6, 6.07) is 7.45. The van der Waals surface area contributed by atoms with Crippen molar-refractivity contribution >= 4 is 17.5 Å². The highest BCUT2D eigenvalue weighted by Gasteiger charge is 2.25. The molecule has 1 aromatic carbocycles. The van der Waals surface area contributed by atoms with Crippen LogP contribution in [0.15, 0.2) is 24.3 Å². The van der Waals surface area contributed by atoms with Crippen LogP contribution < -0.4 is 15.0 Å². The van der Waals surface area contributed by atoms with E-state index < -0.39 is 0 Å². The lowest BCUT2D eigenvalue weighted by atomic mass is 10.0. The molecule has 1 unspecified atom stereocenters. The van der Waals surface area contributed by atoms with Crippen LogP contribution in [0.5, 0.6) is 5.75 Å². The number of rotatable bonds is 8. The minimum absolute atomic E-state index is 0.00151. The fourth-order valence-electron chi connectivity index (χ4n) is 3.88. The Hall–Kier alpha value is -2.08. The van der Waals surface area contributed by atoms with Crippen LogP contribution in [0.1, 0.15) is 39.0 Å². The average molecular weight is 373 g/mol. The molecule has 2 aliphatic rings. The first-order valence-corrected chi connectivity index (χ1v) is 10.1. The van der Waals surface area contributed by atoms with Crippen molar-refractivity contribution in [2.45, 2.75) is 39.0 Å². The van der Waals surface area contributed by atoms with E-state index >= 15 is 0 Å². The van der Waals surface area contributed by atoms with Crippen molar-refractivity contribution in [1.82, 2.24) is 10.2 Å². The van der Waals surface area contributed by atoms with Crippen LogP contribution in [-0.4, -0.2) is 56.0 Å². The molecule has 2 heterocycles. The second-order valence-electron chi connectivity index (χ2n) is 7.66. The number of carbonyl (C=O) groups is 2. The minimum Gasteiger partial charge on any atom is -0.482 e. The van der Waals surface area contributed by atoms with Gasteiger partial charge in [-0.1, -0.05) is 19.1 Å². The van der Waals surface area contributed by atoms with Crippen LogP contribution in [0.3, 0.4) is 0 Å². The zero-order valence-electron chi connectivity index (χ0n) is 16.3. The molecule has 0 aliphatic carbocycles. The summed E-state index contributed by atoms with van der Waals surface area (Å²) in [6.45, 7) is 7.00. The first-order chi connectivity index (χ1) is 13.1. The Morgan fingerprint density at radius 2 is 2.11 bits per heavy atom. The van der Waals surface area contributed by atoms with Crippen molar-refractivity contribution in [3.05, 3.63) is 24.3 Å². The molecule has 1 atom stereocenters. The molecule has 0 radical (unpaired) electrons. The van der Waals surface area contributed by atoms with Gasteiger partial charge in [0.1, 0.15) is 5.75 Å². The third-order valence-electron chi connectivity index (χ3n) is 5.34. The van der Waals surface area contributed by atoms with Gasteiger partial charge in [0.2, 0.25) is 5.91 Å². The standard InChI is InChI=1S/C21H31N3O3/c1-17-7-6-13-23(15-17)12-5-4-11-22-20(25)10-14-24-18-8-2-3-9-19(18)27-16-21(24)26/h2-3,8-9,17H,4-7,10-16H2,1H3,(H,22,25). The number of nitrogens with one attached hydrogen (secondary N) is 1. The van der Waals surface area contributed by atoms with E-state index in [-0.39, 0.29) is 18.4 Å². The van der Waals surface area contributed by atoms with Crippen molar-refractivity contribution < 1.29 is 14.3 Å². The van der Waals surface area contributed by atoms with Crippen molar-refractivity contribution in [1.29, 1.82) is 0 Å². The summed E-state index contributed by atoms with van der Waals surface area (Å²) >= 11 is 0. The lowest BCUT2D eigenvalue weighted by Crippen LogP contribution is -2.41. The summed E-state index contributed by atoms with van der Waals surface area (Å²) in [4.78, 5) is 28.4. The number of likely N-dealkylation sites (tertiary alicyclic amines) is 1. The summed E-state index contributed by atoms with van der Waals surface area (Å²) < 4.78 is 5.43. The second-order valence-corrected chi connectivity index (χ2v) is 7.66. The molecule has 6 nitrogen and oxygen atoms in total. The third kappa shape index (κ3) is 5.70. The number of benzene rings is 1. The van der Waals surface area contributed by atoms with Crippen LogP contribution in [0, 0.1) is 5.92 Å². The SMILES string of the molecule is CC1CCCN(CCCCNC(=O)CCN2C(=O)COc3ccccc32)C1. The number of piperidine rings is 1. The maximum Gasteiger partial charge on any atom is 0.265 e. The highest BCUT2D eigenvalue weighted by atomic mass is 16.5. The Labute approximate surface area is 161 Å². The van der Waals surface area contributed by atoms with Crippen molar-refractivity contribution in [3.8, 4) is 5.75 Å². The van der Waals surface area contributed by atoms with Gasteiger partial charge in [0, 0.05) is 26.1 Å². The monoisotopic (exact) mass is 373 g/mol. The number of hydrogen-bond acceptors (Lipinski definition) is 4. The Balaban J connectivity index is 1.32. The summed E-state index contributed by atoms with van der Waals surface area (Å²) in [6.07, 6.45) is 5.08. The van der Waals surface area contributed by atoms with E-state index in [4.69, 9.17) is 4.74 Å². The molecular formula is C21H31N3O3. The number of unbranched alkanes of at least 4 members (excludes halogenated alkanes) is 1. The number of nitrogens with zero attached hydrogens (tertiary/aromatic N) is 2. The second kappa shape index (κ2) is 9.74. The van der Waals surface area contributed by atoms with E-state index in [1.807, 2.05) is 24.3 Å². The Morgan fingerprint density at radius 3 is 2.96 bits per heavy atom. The summed E-state index contributed by atoms with van der Waals surface area (Å²) in [5.41, 5.74) is 0.748. The van der Waals surface area contributed by atoms with Gasteiger partial charge in [0.05, 0.1) is 5.69 Å². The lowest BCUT2D eigenvalue weighted by Gasteiger charge is -2.30. The molecule has 1 fully saturated rings. The van der Waals surface area contributed by atoms with Gasteiger partial charge in [0.25, 0.3) is 5.91 Å². The van der Waals surface area contributed by atoms with E-state index in [1.165, 1.54) is 25.9 Å². The number of hydrogen-bond donors (Lipinski definition) is 1. The van der Waals surface area contributed by atoms with Crippen molar-refractivity contribution in [2.24, 2.45) is 5.92 Å². The predicted molar refractivity (Wildman–Crippen MR) is 106 cm³/mol. The molecule has 2 aliphatic heterocycles. The third-order valence-corrected chi connectivity index (χ3v) is 5.34. The van der Waals surface area contributed by atoms with Crippen molar-refractivity contribution in [2.75, 3.05) is 44.2 Å². The van der Waals surface area contributed by atoms with Crippen LogP contribution in [-0.2, 0) is 9.59 Å². The van der Waals surface area contributed by atoms with E-state index in [0.29, 0.717) is 25.3 Å². The highest BCUT2D eigenvalue weighted by molar-refractivity contribution is 5.98.